The molecule has 1 amide bonds. The van der Waals surface area contributed by atoms with Gasteiger partial charge < -0.3 is 10.2 Å². The average Bonchev–Trinajstić information content (AvgIpc) is 3.25. The van der Waals surface area contributed by atoms with Crippen LogP contribution in [-0.2, 0) is 17.8 Å². The highest BCUT2D eigenvalue weighted by molar-refractivity contribution is 7.09. The first-order valence-corrected chi connectivity index (χ1v) is 9.36. The average molecular weight is 344 g/mol. The van der Waals surface area contributed by atoms with Gasteiger partial charge in [-0.05, 0) is 56.5 Å². The van der Waals surface area contributed by atoms with Crippen molar-refractivity contribution in [2.45, 2.75) is 32.7 Å². The minimum Gasteiger partial charge on any atom is -0.337 e. The molecule has 5 nitrogen and oxygen atoms in total. The predicted octanol–water partition coefficient (Wildman–Crippen LogP) is 2.42. The fourth-order valence-corrected chi connectivity index (χ4v) is 3.84. The minimum atomic E-state index is 0.228. The molecule has 0 bridgehead atoms. The van der Waals surface area contributed by atoms with E-state index < -0.39 is 0 Å². The van der Waals surface area contributed by atoms with Crippen molar-refractivity contribution < 1.29 is 4.79 Å². The van der Waals surface area contributed by atoms with Gasteiger partial charge in [0.15, 0.2) is 0 Å². The van der Waals surface area contributed by atoms with Crippen LogP contribution in [0.25, 0.3) is 0 Å². The first-order valence-electron chi connectivity index (χ1n) is 8.48. The van der Waals surface area contributed by atoms with Crippen molar-refractivity contribution in [3.63, 3.8) is 0 Å². The summed E-state index contributed by atoms with van der Waals surface area (Å²) in [4.78, 5) is 24.4. The predicted molar refractivity (Wildman–Crippen MR) is 95.8 cm³/mol. The lowest BCUT2D eigenvalue weighted by atomic mass is 10.1. The number of pyridine rings is 1. The van der Waals surface area contributed by atoms with E-state index in [0.29, 0.717) is 18.9 Å². The number of amides is 1. The highest BCUT2D eigenvalue weighted by Gasteiger charge is 2.22. The van der Waals surface area contributed by atoms with Crippen molar-refractivity contribution in [1.82, 2.24) is 20.2 Å². The second-order valence-electron chi connectivity index (χ2n) is 6.35. The van der Waals surface area contributed by atoms with Crippen molar-refractivity contribution in [1.29, 1.82) is 0 Å². The van der Waals surface area contributed by atoms with E-state index in [2.05, 4.69) is 15.3 Å². The normalized spacial score (nSPS) is 17.1. The Morgan fingerprint density at radius 2 is 2.25 bits per heavy atom. The maximum atomic E-state index is 12.8. The largest absolute Gasteiger partial charge is 0.337 e. The number of nitrogens with one attached hydrogen (secondary N) is 1. The molecule has 0 saturated carbocycles. The van der Waals surface area contributed by atoms with E-state index in [1.54, 1.807) is 23.7 Å². The van der Waals surface area contributed by atoms with Gasteiger partial charge in [0.2, 0.25) is 5.91 Å². The molecule has 3 heterocycles. The molecule has 1 atom stereocenters. The zero-order chi connectivity index (χ0) is 16.8. The van der Waals surface area contributed by atoms with E-state index >= 15 is 0 Å². The van der Waals surface area contributed by atoms with Crippen LogP contribution in [0.15, 0.2) is 30.0 Å². The Balaban J connectivity index is 1.63. The molecule has 1 aliphatic heterocycles. The lowest BCUT2D eigenvalue weighted by Crippen LogP contribution is -2.35. The van der Waals surface area contributed by atoms with Gasteiger partial charge >= 0.3 is 0 Å². The Labute approximate surface area is 147 Å². The standard InChI is InChI=1S/C18H24N4OS/c1-14-17(24-13-21-14)12-22(11-16-6-9-20-10-16)18(23)3-2-15-4-7-19-8-5-15/h4-5,7-8,13,16,20H,2-3,6,9-12H2,1H3/t16-/m1/s1. The summed E-state index contributed by atoms with van der Waals surface area (Å²) in [6.07, 6.45) is 6.02. The number of carbonyl (C=O) groups is 1. The Morgan fingerprint density at radius 3 is 2.92 bits per heavy atom. The van der Waals surface area contributed by atoms with Crippen LogP contribution in [0, 0.1) is 12.8 Å². The third-order valence-corrected chi connectivity index (χ3v) is 5.47. The highest BCUT2D eigenvalue weighted by atomic mass is 32.1. The van der Waals surface area contributed by atoms with E-state index in [1.807, 2.05) is 29.5 Å². The van der Waals surface area contributed by atoms with Gasteiger partial charge in [0.25, 0.3) is 0 Å². The molecule has 0 aliphatic carbocycles. The first-order chi connectivity index (χ1) is 11.7. The molecule has 24 heavy (non-hydrogen) atoms. The number of rotatable bonds is 7. The maximum absolute atomic E-state index is 12.8. The summed E-state index contributed by atoms with van der Waals surface area (Å²) in [5.74, 6) is 0.787. The number of aromatic nitrogens is 2. The second kappa shape index (κ2) is 8.35. The fraction of sp³-hybridized carbons (Fsp3) is 0.500. The van der Waals surface area contributed by atoms with Gasteiger partial charge in [-0.3, -0.25) is 9.78 Å². The van der Waals surface area contributed by atoms with E-state index in [0.717, 1.165) is 43.7 Å². The van der Waals surface area contributed by atoms with Gasteiger partial charge in [-0.25, -0.2) is 4.98 Å². The van der Waals surface area contributed by atoms with E-state index in [-0.39, 0.29) is 5.91 Å². The van der Waals surface area contributed by atoms with Gasteiger partial charge in [-0.1, -0.05) is 0 Å². The van der Waals surface area contributed by atoms with Gasteiger partial charge in [-0.2, -0.15) is 0 Å². The van der Waals surface area contributed by atoms with Crippen molar-refractivity contribution in [2.75, 3.05) is 19.6 Å². The number of nitrogens with zero attached hydrogens (tertiary/aromatic N) is 3. The third kappa shape index (κ3) is 4.61. The SMILES string of the molecule is Cc1ncsc1CN(C[C@@H]1CCNC1)C(=O)CCc1ccncc1. The molecule has 2 aromatic rings. The van der Waals surface area contributed by atoms with Crippen molar-refractivity contribution in [3.8, 4) is 0 Å². The molecule has 0 unspecified atom stereocenters. The van der Waals surface area contributed by atoms with Crippen LogP contribution >= 0.6 is 11.3 Å². The van der Waals surface area contributed by atoms with Crippen LogP contribution in [0.4, 0.5) is 0 Å². The highest BCUT2D eigenvalue weighted by Crippen LogP contribution is 2.19. The topological polar surface area (TPSA) is 58.1 Å². The molecule has 128 valence electrons. The van der Waals surface area contributed by atoms with Gasteiger partial charge in [0.1, 0.15) is 0 Å². The zero-order valence-corrected chi connectivity index (χ0v) is 14.9. The van der Waals surface area contributed by atoms with Crippen LogP contribution in [0.5, 0.6) is 0 Å². The molecule has 1 saturated heterocycles. The molecule has 0 radical (unpaired) electrons. The Kier molecular flexibility index (Phi) is 5.93. The molecule has 1 fully saturated rings. The number of hydrogen-bond donors (Lipinski definition) is 1. The molecule has 1 N–H and O–H groups in total. The van der Waals surface area contributed by atoms with Crippen LogP contribution in [0.2, 0.25) is 0 Å². The molecule has 0 aromatic carbocycles. The van der Waals surface area contributed by atoms with Gasteiger partial charge in [-0.15, -0.1) is 11.3 Å². The van der Waals surface area contributed by atoms with Crippen molar-refractivity contribution in [3.05, 3.63) is 46.2 Å². The number of hydrogen-bond acceptors (Lipinski definition) is 5. The summed E-state index contributed by atoms with van der Waals surface area (Å²) in [7, 11) is 0. The van der Waals surface area contributed by atoms with Crippen molar-refractivity contribution in [2.24, 2.45) is 5.92 Å². The molecule has 0 spiro atoms. The summed E-state index contributed by atoms with van der Waals surface area (Å²) in [6, 6.07) is 3.96. The Hall–Kier alpha value is -1.79. The van der Waals surface area contributed by atoms with Gasteiger partial charge in [0.05, 0.1) is 17.7 Å². The minimum absolute atomic E-state index is 0.228. The second-order valence-corrected chi connectivity index (χ2v) is 7.29. The monoisotopic (exact) mass is 344 g/mol. The molecule has 3 rings (SSSR count). The van der Waals surface area contributed by atoms with E-state index in [9.17, 15) is 4.79 Å². The smallest absolute Gasteiger partial charge is 0.223 e. The summed E-state index contributed by atoms with van der Waals surface area (Å²) in [5, 5.41) is 3.39. The maximum Gasteiger partial charge on any atom is 0.223 e. The summed E-state index contributed by atoms with van der Waals surface area (Å²) in [6.45, 7) is 5.60. The third-order valence-electron chi connectivity index (χ3n) is 4.55. The van der Waals surface area contributed by atoms with E-state index in [1.165, 1.54) is 4.88 Å². The lowest BCUT2D eigenvalue weighted by Gasteiger charge is -2.25. The number of thiazole rings is 1. The van der Waals surface area contributed by atoms with Crippen LogP contribution in [0.1, 0.15) is 29.0 Å². The van der Waals surface area contributed by atoms with E-state index in [4.69, 9.17) is 0 Å². The summed E-state index contributed by atoms with van der Waals surface area (Å²) < 4.78 is 0. The van der Waals surface area contributed by atoms with Crippen LogP contribution < -0.4 is 5.32 Å². The molecular formula is C18H24N4OS. The summed E-state index contributed by atoms with van der Waals surface area (Å²) >= 11 is 1.64. The molecular weight excluding hydrogens is 320 g/mol. The van der Waals surface area contributed by atoms with Crippen LogP contribution in [-0.4, -0.2) is 40.4 Å². The van der Waals surface area contributed by atoms with Crippen molar-refractivity contribution >= 4 is 17.2 Å². The first kappa shape index (κ1) is 17.0. The molecule has 6 heteroatoms. The lowest BCUT2D eigenvalue weighted by molar-refractivity contribution is -0.132. The van der Waals surface area contributed by atoms with Gasteiger partial charge in [0, 0.05) is 30.2 Å². The molecule has 2 aromatic heterocycles. The quantitative estimate of drug-likeness (QED) is 0.838. The zero-order valence-electron chi connectivity index (χ0n) is 14.1. The molecule has 1 aliphatic rings. The Morgan fingerprint density at radius 1 is 1.42 bits per heavy atom. The number of carbonyl (C=O) groups excluding carboxylic acids is 1. The van der Waals surface area contributed by atoms with Crippen LogP contribution in [0.3, 0.4) is 0 Å². The summed E-state index contributed by atoms with van der Waals surface area (Å²) in [5.41, 5.74) is 4.06. The Bertz CT molecular complexity index is 652. The number of aryl methyl sites for hydroxylation is 2. The fourth-order valence-electron chi connectivity index (χ4n) is 3.05.